The number of pyridine rings is 1. The molecule has 2 unspecified atom stereocenters. The SMILES string of the molecule is CCCC1CC1Nc1nc(Cl)ccc1N. The molecule has 3 nitrogen and oxygen atoms in total. The molecule has 0 amide bonds. The molecule has 1 aliphatic carbocycles. The maximum atomic E-state index is 5.81. The zero-order chi connectivity index (χ0) is 10.8. The lowest BCUT2D eigenvalue weighted by atomic mass is 10.2. The Bertz CT molecular complexity index is 354. The molecule has 3 N–H and O–H groups in total. The fourth-order valence-corrected chi connectivity index (χ4v) is 2.00. The topological polar surface area (TPSA) is 50.9 Å². The second-order valence-electron chi connectivity index (χ2n) is 4.11. The highest BCUT2D eigenvalue weighted by Crippen LogP contribution is 2.37. The quantitative estimate of drug-likeness (QED) is 0.775. The van der Waals surface area contributed by atoms with Gasteiger partial charge >= 0.3 is 0 Å². The van der Waals surface area contributed by atoms with Crippen LogP contribution in [0.4, 0.5) is 11.5 Å². The predicted molar refractivity (Wildman–Crippen MR) is 64.1 cm³/mol. The Morgan fingerprint density at radius 3 is 3.13 bits per heavy atom. The van der Waals surface area contributed by atoms with E-state index in [9.17, 15) is 0 Å². The summed E-state index contributed by atoms with van der Waals surface area (Å²) in [6, 6.07) is 4.03. The van der Waals surface area contributed by atoms with Crippen LogP contribution < -0.4 is 11.1 Å². The molecule has 15 heavy (non-hydrogen) atoms. The van der Waals surface area contributed by atoms with Crippen LogP contribution in [0.25, 0.3) is 0 Å². The standard InChI is InChI=1S/C11H16ClN3/c1-2-3-7-6-9(7)14-11-8(13)4-5-10(12)15-11/h4-5,7,9H,2-3,6,13H2,1H3,(H,14,15). The van der Waals surface area contributed by atoms with Crippen LogP contribution in [0, 0.1) is 5.92 Å². The second kappa shape index (κ2) is 4.27. The Morgan fingerprint density at radius 1 is 1.60 bits per heavy atom. The van der Waals surface area contributed by atoms with Crippen molar-refractivity contribution in [2.45, 2.75) is 32.2 Å². The molecular weight excluding hydrogens is 210 g/mol. The molecule has 0 aromatic carbocycles. The monoisotopic (exact) mass is 225 g/mol. The van der Waals surface area contributed by atoms with Gasteiger partial charge in [-0.25, -0.2) is 4.98 Å². The number of nitrogens with two attached hydrogens (primary N) is 1. The number of hydrogen-bond donors (Lipinski definition) is 2. The first-order chi connectivity index (χ1) is 7.20. The lowest BCUT2D eigenvalue weighted by Crippen LogP contribution is -2.08. The number of nitrogens with one attached hydrogen (secondary N) is 1. The van der Waals surface area contributed by atoms with Gasteiger partial charge in [0.15, 0.2) is 5.82 Å². The highest BCUT2D eigenvalue weighted by atomic mass is 35.5. The van der Waals surface area contributed by atoms with Gasteiger partial charge in [0.25, 0.3) is 0 Å². The number of aromatic nitrogens is 1. The maximum absolute atomic E-state index is 5.81. The zero-order valence-corrected chi connectivity index (χ0v) is 9.59. The summed E-state index contributed by atoms with van der Waals surface area (Å²) in [6.45, 7) is 2.21. The van der Waals surface area contributed by atoms with Crippen molar-refractivity contribution in [3.63, 3.8) is 0 Å². The molecule has 0 aliphatic heterocycles. The number of nitrogen functional groups attached to an aromatic ring is 1. The molecule has 1 aliphatic rings. The molecule has 82 valence electrons. The van der Waals surface area contributed by atoms with Crippen molar-refractivity contribution in [1.82, 2.24) is 4.98 Å². The van der Waals surface area contributed by atoms with E-state index in [0.717, 1.165) is 11.7 Å². The number of anilines is 2. The normalized spacial score (nSPS) is 23.9. The minimum Gasteiger partial charge on any atom is -0.396 e. The average molecular weight is 226 g/mol. The van der Waals surface area contributed by atoms with Crippen molar-refractivity contribution in [2.75, 3.05) is 11.1 Å². The van der Waals surface area contributed by atoms with Gasteiger partial charge in [-0.1, -0.05) is 24.9 Å². The van der Waals surface area contributed by atoms with E-state index in [4.69, 9.17) is 17.3 Å². The molecule has 0 saturated heterocycles. The summed E-state index contributed by atoms with van der Waals surface area (Å²) in [7, 11) is 0. The Morgan fingerprint density at radius 2 is 2.40 bits per heavy atom. The van der Waals surface area contributed by atoms with Crippen LogP contribution >= 0.6 is 11.6 Å². The van der Waals surface area contributed by atoms with Gasteiger partial charge in [0.05, 0.1) is 5.69 Å². The Labute approximate surface area is 95.0 Å². The molecule has 2 rings (SSSR count). The van der Waals surface area contributed by atoms with Crippen LogP contribution in [-0.4, -0.2) is 11.0 Å². The Kier molecular flexibility index (Phi) is 3.00. The van der Waals surface area contributed by atoms with Crippen molar-refractivity contribution in [3.05, 3.63) is 17.3 Å². The Hall–Kier alpha value is -0.960. The number of hydrogen-bond acceptors (Lipinski definition) is 3. The van der Waals surface area contributed by atoms with Crippen LogP contribution in [0.1, 0.15) is 26.2 Å². The molecule has 4 heteroatoms. The number of halogens is 1. The molecular formula is C11H16ClN3. The summed E-state index contributed by atoms with van der Waals surface area (Å²) in [6.07, 6.45) is 3.74. The van der Waals surface area contributed by atoms with Gasteiger partial charge in [0.2, 0.25) is 0 Å². The zero-order valence-electron chi connectivity index (χ0n) is 8.83. The van der Waals surface area contributed by atoms with E-state index in [1.165, 1.54) is 19.3 Å². The molecule has 1 fully saturated rings. The third-order valence-corrected chi connectivity index (χ3v) is 3.01. The van der Waals surface area contributed by atoms with E-state index >= 15 is 0 Å². The van der Waals surface area contributed by atoms with Gasteiger partial charge in [0.1, 0.15) is 5.15 Å². The van der Waals surface area contributed by atoms with Crippen LogP contribution in [0.15, 0.2) is 12.1 Å². The first-order valence-corrected chi connectivity index (χ1v) is 5.77. The number of rotatable bonds is 4. The average Bonchev–Trinajstić information content (AvgIpc) is 2.91. The van der Waals surface area contributed by atoms with Crippen molar-refractivity contribution in [1.29, 1.82) is 0 Å². The van der Waals surface area contributed by atoms with E-state index in [-0.39, 0.29) is 0 Å². The first kappa shape index (κ1) is 10.6. The molecule has 1 aromatic heterocycles. The lowest BCUT2D eigenvalue weighted by molar-refractivity contribution is 0.692. The summed E-state index contributed by atoms with van der Waals surface area (Å²) in [5.41, 5.74) is 6.47. The highest BCUT2D eigenvalue weighted by Gasteiger charge is 2.36. The molecule has 0 spiro atoms. The predicted octanol–water partition coefficient (Wildman–Crippen LogP) is 2.92. The Balaban J connectivity index is 1.97. The summed E-state index contributed by atoms with van der Waals surface area (Å²) < 4.78 is 0. The van der Waals surface area contributed by atoms with Crippen molar-refractivity contribution in [3.8, 4) is 0 Å². The van der Waals surface area contributed by atoms with E-state index < -0.39 is 0 Å². The molecule has 1 heterocycles. The largest absolute Gasteiger partial charge is 0.396 e. The van der Waals surface area contributed by atoms with Crippen LogP contribution in [-0.2, 0) is 0 Å². The fraction of sp³-hybridized carbons (Fsp3) is 0.545. The molecule has 2 atom stereocenters. The minimum atomic E-state index is 0.486. The summed E-state index contributed by atoms with van der Waals surface area (Å²) in [5, 5.41) is 3.82. The van der Waals surface area contributed by atoms with Gasteiger partial charge in [-0.05, 0) is 30.9 Å². The number of nitrogens with zero attached hydrogens (tertiary/aromatic N) is 1. The molecule has 1 saturated carbocycles. The van der Waals surface area contributed by atoms with E-state index in [0.29, 0.717) is 16.9 Å². The first-order valence-electron chi connectivity index (χ1n) is 5.39. The van der Waals surface area contributed by atoms with Gasteiger partial charge in [0, 0.05) is 6.04 Å². The third-order valence-electron chi connectivity index (χ3n) is 2.80. The van der Waals surface area contributed by atoms with Gasteiger partial charge in [-0.15, -0.1) is 0 Å². The molecule has 0 bridgehead atoms. The third kappa shape index (κ3) is 2.53. The summed E-state index contributed by atoms with van der Waals surface area (Å²) in [4.78, 5) is 4.18. The smallest absolute Gasteiger partial charge is 0.151 e. The lowest BCUT2D eigenvalue weighted by Gasteiger charge is -2.07. The van der Waals surface area contributed by atoms with Crippen molar-refractivity contribution in [2.24, 2.45) is 5.92 Å². The van der Waals surface area contributed by atoms with Crippen molar-refractivity contribution >= 4 is 23.1 Å². The van der Waals surface area contributed by atoms with Gasteiger partial charge in [-0.3, -0.25) is 0 Å². The van der Waals surface area contributed by atoms with E-state index in [2.05, 4.69) is 17.2 Å². The van der Waals surface area contributed by atoms with Crippen LogP contribution in [0.5, 0.6) is 0 Å². The van der Waals surface area contributed by atoms with Crippen molar-refractivity contribution < 1.29 is 0 Å². The fourth-order valence-electron chi connectivity index (χ4n) is 1.85. The van der Waals surface area contributed by atoms with E-state index in [1.807, 2.05) is 0 Å². The van der Waals surface area contributed by atoms with Gasteiger partial charge < -0.3 is 11.1 Å². The maximum Gasteiger partial charge on any atom is 0.151 e. The van der Waals surface area contributed by atoms with Gasteiger partial charge in [-0.2, -0.15) is 0 Å². The minimum absolute atomic E-state index is 0.486. The highest BCUT2D eigenvalue weighted by molar-refractivity contribution is 6.29. The summed E-state index contributed by atoms with van der Waals surface area (Å²) in [5.74, 6) is 1.52. The molecule has 1 aromatic rings. The summed E-state index contributed by atoms with van der Waals surface area (Å²) >= 11 is 5.81. The van der Waals surface area contributed by atoms with Crippen LogP contribution in [0.3, 0.4) is 0 Å². The second-order valence-corrected chi connectivity index (χ2v) is 4.49. The molecule has 0 radical (unpaired) electrons. The van der Waals surface area contributed by atoms with Crippen LogP contribution in [0.2, 0.25) is 5.15 Å². The van der Waals surface area contributed by atoms with E-state index in [1.54, 1.807) is 12.1 Å².